The molecule has 1 unspecified atom stereocenters. The largest absolute Gasteiger partial charge is 0.389 e. The first kappa shape index (κ1) is 19.9. The van der Waals surface area contributed by atoms with E-state index >= 15 is 0 Å². The Morgan fingerprint density at radius 2 is 1.69 bits per heavy atom. The van der Waals surface area contributed by atoms with Crippen LogP contribution in [0.15, 0.2) is 60.7 Å². The van der Waals surface area contributed by atoms with Gasteiger partial charge in [-0.3, -0.25) is 4.79 Å². The molecule has 2 N–H and O–H groups in total. The van der Waals surface area contributed by atoms with Crippen molar-refractivity contribution in [2.75, 3.05) is 37.8 Å². The van der Waals surface area contributed by atoms with E-state index in [1.54, 1.807) is 0 Å². The Balaban J connectivity index is 1.28. The van der Waals surface area contributed by atoms with E-state index in [9.17, 15) is 9.90 Å². The predicted octanol–water partition coefficient (Wildman–Crippen LogP) is 1.99. The van der Waals surface area contributed by atoms with Crippen molar-refractivity contribution in [3.8, 4) is 0 Å². The van der Waals surface area contributed by atoms with Gasteiger partial charge in [-0.15, -0.1) is 0 Å². The number of carbonyl (C=O) groups is 1. The van der Waals surface area contributed by atoms with Crippen molar-refractivity contribution in [3.63, 3.8) is 0 Å². The Labute approximate surface area is 172 Å². The minimum atomic E-state index is -0.532. The lowest BCUT2D eigenvalue weighted by molar-refractivity contribution is -0.125. The van der Waals surface area contributed by atoms with Crippen LogP contribution in [0.5, 0.6) is 0 Å². The standard InChI is InChI=1S/C23H29N3O3/c27-21(17-29-16-19-7-3-1-4-8-19)15-25-13-11-23(12-14-25)22(28)24-18-26(23)20-9-5-2-6-10-20/h1-10,21,27H,11-18H2,(H,24,28). The molecule has 0 aromatic heterocycles. The summed E-state index contributed by atoms with van der Waals surface area (Å²) in [7, 11) is 0. The van der Waals surface area contributed by atoms with E-state index in [0.29, 0.717) is 26.4 Å². The third-order valence-corrected chi connectivity index (χ3v) is 5.98. The molecule has 4 rings (SSSR count). The van der Waals surface area contributed by atoms with Crippen molar-refractivity contribution in [1.29, 1.82) is 0 Å². The maximum absolute atomic E-state index is 12.7. The smallest absolute Gasteiger partial charge is 0.247 e. The molecule has 2 aliphatic rings. The zero-order chi connectivity index (χ0) is 20.1. The second kappa shape index (κ2) is 8.95. The Morgan fingerprint density at radius 3 is 2.38 bits per heavy atom. The van der Waals surface area contributed by atoms with Gasteiger partial charge in [-0.2, -0.15) is 0 Å². The lowest BCUT2D eigenvalue weighted by atomic mass is 9.85. The van der Waals surface area contributed by atoms with Crippen LogP contribution in [-0.4, -0.2) is 60.5 Å². The molecule has 2 aromatic rings. The third kappa shape index (κ3) is 4.45. The summed E-state index contributed by atoms with van der Waals surface area (Å²) >= 11 is 0. The molecule has 0 saturated carbocycles. The summed E-state index contributed by atoms with van der Waals surface area (Å²) in [6.45, 7) is 3.51. The van der Waals surface area contributed by atoms with Gasteiger partial charge < -0.3 is 25.0 Å². The van der Waals surface area contributed by atoms with Gasteiger partial charge in [-0.25, -0.2) is 0 Å². The number of nitrogens with one attached hydrogen (secondary N) is 1. The number of benzene rings is 2. The van der Waals surface area contributed by atoms with Crippen LogP contribution < -0.4 is 10.2 Å². The number of rotatable bonds is 7. The number of hydrogen-bond acceptors (Lipinski definition) is 5. The van der Waals surface area contributed by atoms with Gasteiger partial charge in [0, 0.05) is 25.3 Å². The van der Waals surface area contributed by atoms with E-state index in [1.165, 1.54) is 0 Å². The Bertz CT molecular complexity index is 792. The number of aliphatic hydroxyl groups excluding tert-OH is 1. The van der Waals surface area contributed by atoms with E-state index in [1.807, 2.05) is 48.5 Å². The molecule has 1 atom stereocenters. The van der Waals surface area contributed by atoms with Crippen LogP contribution in [-0.2, 0) is 16.1 Å². The van der Waals surface area contributed by atoms with Crippen LogP contribution in [0.4, 0.5) is 5.69 Å². The van der Waals surface area contributed by atoms with Gasteiger partial charge in [0.15, 0.2) is 0 Å². The van der Waals surface area contributed by atoms with Gasteiger partial charge in [-0.1, -0.05) is 48.5 Å². The van der Waals surface area contributed by atoms with Crippen LogP contribution in [0.25, 0.3) is 0 Å². The molecule has 1 spiro atoms. The predicted molar refractivity (Wildman–Crippen MR) is 112 cm³/mol. The number of ether oxygens (including phenoxy) is 1. The van der Waals surface area contributed by atoms with Gasteiger partial charge in [0.1, 0.15) is 5.54 Å². The number of piperidine rings is 1. The monoisotopic (exact) mass is 395 g/mol. The quantitative estimate of drug-likeness (QED) is 0.751. The normalized spacial score (nSPS) is 20.0. The first-order chi connectivity index (χ1) is 14.2. The Morgan fingerprint density at radius 1 is 1.03 bits per heavy atom. The summed E-state index contributed by atoms with van der Waals surface area (Å²) in [4.78, 5) is 17.1. The highest BCUT2D eigenvalue weighted by molar-refractivity contribution is 5.93. The number of hydrogen-bond donors (Lipinski definition) is 2. The molecule has 2 aromatic carbocycles. The molecular weight excluding hydrogens is 366 g/mol. The fourth-order valence-corrected chi connectivity index (χ4v) is 4.38. The molecule has 154 valence electrons. The molecule has 6 heteroatoms. The molecule has 2 fully saturated rings. The number of β-amino-alcohol motifs (C(OH)–C–C–N with tert-alkyl or cyclic N) is 1. The van der Waals surface area contributed by atoms with Crippen LogP contribution in [0, 0.1) is 0 Å². The molecule has 29 heavy (non-hydrogen) atoms. The van der Waals surface area contributed by atoms with E-state index in [0.717, 1.165) is 37.2 Å². The first-order valence-electron chi connectivity index (χ1n) is 10.3. The lowest BCUT2D eigenvalue weighted by Crippen LogP contribution is -2.57. The molecule has 2 aliphatic heterocycles. The van der Waals surface area contributed by atoms with Crippen molar-refractivity contribution >= 4 is 11.6 Å². The summed E-state index contributed by atoms with van der Waals surface area (Å²) in [5.74, 6) is 0.118. The fourth-order valence-electron chi connectivity index (χ4n) is 4.38. The minimum absolute atomic E-state index is 0.118. The number of para-hydroxylation sites is 1. The molecule has 6 nitrogen and oxygen atoms in total. The summed E-state index contributed by atoms with van der Waals surface area (Å²) in [6, 6.07) is 20.1. The Kier molecular flexibility index (Phi) is 6.13. The highest BCUT2D eigenvalue weighted by atomic mass is 16.5. The molecule has 0 aliphatic carbocycles. The molecule has 0 bridgehead atoms. The van der Waals surface area contributed by atoms with Gasteiger partial charge in [-0.05, 0) is 30.5 Å². The zero-order valence-electron chi connectivity index (χ0n) is 16.7. The molecule has 2 heterocycles. The summed E-state index contributed by atoms with van der Waals surface area (Å²) in [5.41, 5.74) is 1.70. The van der Waals surface area contributed by atoms with Crippen LogP contribution in [0.1, 0.15) is 18.4 Å². The zero-order valence-corrected chi connectivity index (χ0v) is 16.7. The first-order valence-corrected chi connectivity index (χ1v) is 10.3. The number of aliphatic hydroxyl groups is 1. The number of anilines is 1. The van der Waals surface area contributed by atoms with Crippen molar-refractivity contribution < 1.29 is 14.6 Å². The summed E-state index contributed by atoms with van der Waals surface area (Å²) in [6.07, 6.45) is 0.979. The number of likely N-dealkylation sites (tertiary alicyclic amines) is 1. The van der Waals surface area contributed by atoms with Gasteiger partial charge in [0.2, 0.25) is 5.91 Å². The molecule has 1 amide bonds. The molecule has 0 radical (unpaired) electrons. The van der Waals surface area contributed by atoms with E-state index in [-0.39, 0.29) is 5.91 Å². The topological polar surface area (TPSA) is 65.0 Å². The number of amides is 1. The van der Waals surface area contributed by atoms with E-state index in [2.05, 4.69) is 27.2 Å². The maximum Gasteiger partial charge on any atom is 0.247 e. The van der Waals surface area contributed by atoms with Crippen LogP contribution in [0.3, 0.4) is 0 Å². The van der Waals surface area contributed by atoms with E-state index < -0.39 is 11.6 Å². The van der Waals surface area contributed by atoms with Gasteiger partial charge in [0.05, 0.1) is 26.0 Å². The Hall–Kier alpha value is -2.41. The van der Waals surface area contributed by atoms with E-state index in [4.69, 9.17) is 4.74 Å². The van der Waals surface area contributed by atoms with Crippen LogP contribution >= 0.6 is 0 Å². The lowest BCUT2D eigenvalue weighted by Gasteiger charge is -2.43. The highest BCUT2D eigenvalue weighted by Gasteiger charge is 2.50. The molecule has 2 saturated heterocycles. The highest BCUT2D eigenvalue weighted by Crippen LogP contribution is 2.36. The average molecular weight is 396 g/mol. The summed E-state index contributed by atoms with van der Waals surface area (Å²) < 4.78 is 5.66. The van der Waals surface area contributed by atoms with Crippen molar-refractivity contribution in [1.82, 2.24) is 10.2 Å². The van der Waals surface area contributed by atoms with Crippen molar-refractivity contribution in [3.05, 3.63) is 66.2 Å². The van der Waals surface area contributed by atoms with Gasteiger partial charge >= 0.3 is 0 Å². The number of carbonyl (C=O) groups excluding carboxylic acids is 1. The van der Waals surface area contributed by atoms with Crippen molar-refractivity contribution in [2.24, 2.45) is 0 Å². The van der Waals surface area contributed by atoms with Crippen molar-refractivity contribution in [2.45, 2.75) is 31.1 Å². The molecular formula is C23H29N3O3. The minimum Gasteiger partial charge on any atom is -0.389 e. The summed E-state index contributed by atoms with van der Waals surface area (Å²) in [5, 5.41) is 13.4. The van der Waals surface area contributed by atoms with Crippen LogP contribution in [0.2, 0.25) is 0 Å². The third-order valence-electron chi connectivity index (χ3n) is 5.98. The van der Waals surface area contributed by atoms with Gasteiger partial charge in [0.25, 0.3) is 0 Å². The second-order valence-corrected chi connectivity index (χ2v) is 7.91. The second-order valence-electron chi connectivity index (χ2n) is 7.91. The maximum atomic E-state index is 12.7. The number of nitrogens with zero attached hydrogens (tertiary/aromatic N) is 2. The fraction of sp³-hybridized carbons (Fsp3) is 0.435. The average Bonchev–Trinajstić information content (AvgIpc) is 3.07. The SMILES string of the molecule is O=C1NCN(c2ccccc2)C12CCN(CC(O)COCc1ccccc1)CC2.